The standard InChI is InChI=1S/C16H24N2/c1-3-18(16-10-7-11-17-12-16)13-14(2)15-8-5-4-6-9-15/h4-6,8-9,16-17H,2-3,7,10-13H2,1H3. The van der Waals surface area contributed by atoms with Crippen LogP contribution in [0.1, 0.15) is 25.3 Å². The summed E-state index contributed by atoms with van der Waals surface area (Å²) in [6.45, 7) is 10.9. The summed E-state index contributed by atoms with van der Waals surface area (Å²) in [5.41, 5.74) is 2.49. The second-order valence-corrected chi connectivity index (χ2v) is 5.03. The quantitative estimate of drug-likeness (QED) is 0.857. The van der Waals surface area contributed by atoms with E-state index in [1.165, 1.54) is 30.5 Å². The van der Waals surface area contributed by atoms with Gasteiger partial charge in [-0.1, -0.05) is 43.8 Å². The van der Waals surface area contributed by atoms with Gasteiger partial charge in [0.15, 0.2) is 0 Å². The van der Waals surface area contributed by atoms with Gasteiger partial charge in [-0.2, -0.15) is 0 Å². The number of nitrogens with one attached hydrogen (secondary N) is 1. The Labute approximate surface area is 111 Å². The van der Waals surface area contributed by atoms with Crippen LogP contribution in [0.5, 0.6) is 0 Å². The zero-order chi connectivity index (χ0) is 12.8. The number of piperidine rings is 1. The van der Waals surface area contributed by atoms with E-state index in [-0.39, 0.29) is 0 Å². The SMILES string of the molecule is C=C(CN(CC)C1CCCNC1)c1ccccc1. The van der Waals surface area contributed by atoms with Gasteiger partial charge in [0, 0.05) is 19.1 Å². The molecule has 2 heteroatoms. The van der Waals surface area contributed by atoms with Crippen molar-refractivity contribution in [3.05, 3.63) is 42.5 Å². The van der Waals surface area contributed by atoms with Crippen molar-refractivity contribution in [1.82, 2.24) is 10.2 Å². The molecule has 1 unspecified atom stereocenters. The minimum absolute atomic E-state index is 0.671. The molecule has 2 nitrogen and oxygen atoms in total. The lowest BCUT2D eigenvalue weighted by Gasteiger charge is -2.34. The number of benzene rings is 1. The molecule has 1 aliphatic heterocycles. The van der Waals surface area contributed by atoms with Gasteiger partial charge in [-0.15, -0.1) is 0 Å². The average molecular weight is 244 g/mol. The predicted molar refractivity (Wildman–Crippen MR) is 78.6 cm³/mol. The zero-order valence-electron chi connectivity index (χ0n) is 11.4. The molecule has 2 rings (SSSR count). The lowest BCUT2D eigenvalue weighted by Crippen LogP contribution is -2.46. The second kappa shape index (κ2) is 6.72. The molecule has 1 aromatic carbocycles. The van der Waals surface area contributed by atoms with Gasteiger partial charge < -0.3 is 5.32 Å². The molecule has 98 valence electrons. The van der Waals surface area contributed by atoms with Crippen molar-refractivity contribution in [1.29, 1.82) is 0 Å². The number of rotatable bonds is 5. The molecule has 18 heavy (non-hydrogen) atoms. The maximum atomic E-state index is 4.25. The number of likely N-dealkylation sites (N-methyl/N-ethyl adjacent to an activating group) is 1. The molecule has 0 saturated carbocycles. The van der Waals surface area contributed by atoms with Gasteiger partial charge >= 0.3 is 0 Å². The monoisotopic (exact) mass is 244 g/mol. The minimum Gasteiger partial charge on any atom is -0.315 e. The van der Waals surface area contributed by atoms with Gasteiger partial charge in [0.05, 0.1) is 0 Å². The van der Waals surface area contributed by atoms with E-state index in [0.717, 1.165) is 19.6 Å². The summed E-state index contributed by atoms with van der Waals surface area (Å²) in [5.74, 6) is 0. The third kappa shape index (κ3) is 3.44. The molecule has 0 spiro atoms. The summed E-state index contributed by atoms with van der Waals surface area (Å²) in [4.78, 5) is 2.54. The van der Waals surface area contributed by atoms with E-state index in [4.69, 9.17) is 0 Å². The summed E-state index contributed by atoms with van der Waals surface area (Å²) in [5, 5.41) is 3.49. The van der Waals surface area contributed by atoms with Gasteiger partial charge in [-0.3, -0.25) is 4.90 Å². The Morgan fingerprint density at radius 3 is 2.78 bits per heavy atom. The molecule has 1 fully saturated rings. The Bertz CT molecular complexity index is 366. The highest BCUT2D eigenvalue weighted by Crippen LogP contribution is 2.17. The molecule has 1 heterocycles. The molecule has 1 atom stereocenters. The zero-order valence-corrected chi connectivity index (χ0v) is 11.4. The van der Waals surface area contributed by atoms with Crippen molar-refractivity contribution < 1.29 is 0 Å². The van der Waals surface area contributed by atoms with E-state index in [0.29, 0.717) is 6.04 Å². The number of nitrogens with zero attached hydrogens (tertiary/aromatic N) is 1. The Morgan fingerprint density at radius 1 is 1.39 bits per heavy atom. The Hall–Kier alpha value is -1.12. The summed E-state index contributed by atoms with van der Waals surface area (Å²) >= 11 is 0. The van der Waals surface area contributed by atoms with Crippen LogP contribution >= 0.6 is 0 Å². The average Bonchev–Trinajstić information content (AvgIpc) is 2.46. The fraction of sp³-hybridized carbons (Fsp3) is 0.500. The van der Waals surface area contributed by atoms with Crippen molar-refractivity contribution in [2.24, 2.45) is 0 Å². The predicted octanol–water partition coefficient (Wildman–Crippen LogP) is 2.77. The maximum Gasteiger partial charge on any atom is 0.0237 e. The highest BCUT2D eigenvalue weighted by molar-refractivity contribution is 5.64. The Kier molecular flexibility index (Phi) is 4.97. The molecule has 1 aromatic rings. The van der Waals surface area contributed by atoms with Crippen LogP contribution in [0.3, 0.4) is 0 Å². The summed E-state index contributed by atoms with van der Waals surface area (Å²) < 4.78 is 0. The van der Waals surface area contributed by atoms with Crippen molar-refractivity contribution in [3.63, 3.8) is 0 Å². The van der Waals surface area contributed by atoms with Crippen LogP contribution < -0.4 is 5.32 Å². The molecule has 1 aliphatic rings. The van der Waals surface area contributed by atoms with Crippen molar-refractivity contribution >= 4 is 5.57 Å². The fourth-order valence-corrected chi connectivity index (χ4v) is 2.65. The molecular weight excluding hydrogens is 220 g/mol. The Morgan fingerprint density at radius 2 is 2.17 bits per heavy atom. The molecule has 0 bridgehead atoms. The van der Waals surface area contributed by atoms with Crippen LogP contribution in [0.15, 0.2) is 36.9 Å². The van der Waals surface area contributed by atoms with Crippen molar-refractivity contribution in [3.8, 4) is 0 Å². The first-order valence-electron chi connectivity index (χ1n) is 6.99. The van der Waals surface area contributed by atoms with Crippen LogP contribution in [0.2, 0.25) is 0 Å². The smallest absolute Gasteiger partial charge is 0.0237 e. The second-order valence-electron chi connectivity index (χ2n) is 5.03. The summed E-state index contributed by atoms with van der Waals surface area (Å²) in [6, 6.07) is 11.2. The topological polar surface area (TPSA) is 15.3 Å². The van der Waals surface area contributed by atoms with Crippen LogP contribution in [-0.4, -0.2) is 37.1 Å². The van der Waals surface area contributed by atoms with Crippen molar-refractivity contribution in [2.45, 2.75) is 25.8 Å². The normalized spacial score (nSPS) is 20.0. The van der Waals surface area contributed by atoms with Crippen molar-refractivity contribution in [2.75, 3.05) is 26.2 Å². The minimum atomic E-state index is 0.671. The highest BCUT2D eigenvalue weighted by Gasteiger charge is 2.20. The third-order valence-electron chi connectivity index (χ3n) is 3.77. The Balaban J connectivity index is 1.95. The van der Waals surface area contributed by atoms with E-state index in [1.807, 2.05) is 0 Å². The van der Waals surface area contributed by atoms with Gasteiger partial charge in [-0.25, -0.2) is 0 Å². The first-order chi connectivity index (χ1) is 8.81. The summed E-state index contributed by atoms with van der Waals surface area (Å²) in [6.07, 6.45) is 2.60. The first-order valence-corrected chi connectivity index (χ1v) is 6.99. The van der Waals surface area contributed by atoms with E-state index < -0.39 is 0 Å². The highest BCUT2D eigenvalue weighted by atomic mass is 15.2. The third-order valence-corrected chi connectivity index (χ3v) is 3.77. The molecule has 0 amide bonds. The van der Waals surface area contributed by atoms with Gasteiger partial charge in [0.25, 0.3) is 0 Å². The van der Waals surface area contributed by atoms with Gasteiger partial charge in [0.2, 0.25) is 0 Å². The molecule has 0 aliphatic carbocycles. The first kappa shape index (κ1) is 13.3. The number of hydrogen-bond acceptors (Lipinski definition) is 2. The van der Waals surface area contributed by atoms with E-state index >= 15 is 0 Å². The van der Waals surface area contributed by atoms with E-state index in [9.17, 15) is 0 Å². The van der Waals surface area contributed by atoms with Crippen LogP contribution in [0, 0.1) is 0 Å². The lowest BCUT2D eigenvalue weighted by atomic mass is 10.0. The van der Waals surface area contributed by atoms with Crippen LogP contribution in [0.25, 0.3) is 5.57 Å². The van der Waals surface area contributed by atoms with Gasteiger partial charge in [0.1, 0.15) is 0 Å². The molecule has 0 aromatic heterocycles. The van der Waals surface area contributed by atoms with Crippen LogP contribution in [-0.2, 0) is 0 Å². The molecule has 0 radical (unpaired) electrons. The van der Waals surface area contributed by atoms with E-state index in [1.54, 1.807) is 0 Å². The van der Waals surface area contributed by atoms with E-state index in [2.05, 4.69) is 54.1 Å². The fourth-order valence-electron chi connectivity index (χ4n) is 2.65. The number of hydrogen-bond donors (Lipinski definition) is 1. The molecular formula is C16H24N2. The lowest BCUT2D eigenvalue weighted by molar-refractivity contribution is 0.194. The molecule has 1 N–H and O–H groups in total. The van der Waals surface area contributed by atoms with Crippen LogP contribution in [0.4, 0.5) is 0 Å². The maximum absolute atomic E-state index is 4.25. The molecule has 1 saturated heterocycles. The largest absolute Gasteiger partial charge is 0.315 e. The van der Waals surface area contributed by atoms with Gasteiger partial charge in [-0.05, 0) is 37.1 Å². The summed E-state index contributed by atoms with van der Waals surface area (Å²) in [7, 11) is 0.